The number of amides is 1. The van der Waals surface area contributed by atoms with Gasteiger partial charge in [-0.2, -0.15) is 13.2 Å². The van der Waals surface area contributed by atoms with Crippen molar-refractivity contribution in [2.75, 3.05) is 23.3 Å². The lowest BCUT2D eigenvalue weighted by Crippen LogP contribution is -2.31. The average molecular weight is 416 g/mol. The maximum absolute atomic E-state index is 12.8. The molecule has 2 aromatic rings. The first-order valence-electron chi connectivity index (χ1n) is 8.14. The Labute approximate surface area is 161 Å². The van der Waals surface area contributed by atoms with Crippen molar-refractivity contribution in [1.29, 1.82) is 0 Å². The van der Waals surface area contributed by atoms with Crippen LogP contribution in [0.4, 0.5) is 24.5 Å². The number of rotatable bonds is 7. The number of carbonyl (C=O) groups excluding carboxylic acids is 1. The van der Waals surface area contributed by atoms with Crippen molar-refractivity contribution in [3.8, 4) is 0 Å². The smallest absolute Gasteiger partial charge is 0.359 e. The molecule has 152 valence electrons. The topological polar surface area (TPSA) is 75.7 Å². The minimum absolute atomic E-state index is 0.0829. The van der Waals surface area contributed by atoms with E-state index in [0.717, 1.165) is 4.31 Å². The third-order valence-corrected chi connectivity index (χ3v) is 5.53. The Hall–Kier alpha value is -2.59. The molecule has 1 N–H and O–H groups in total. The maximum atomic E-state index is 12.8. The van der Waals surface area contributed by atoms with Crippen LogP contribution in [0.25, 0.3) is 0 Å². The zero-order chi connectivity index (χ0) is 20.9. The second-order valence-corrected chi connectivity index (χ2v) is 7.86. The summed E-state index contributed by atoms with van der Waals surface area (Å²) < 4.78 is 67.7. The Balaban J connectivity index is 2.14. The minimum Gasteiger partial charge on any atom is -0.359 e. The second kappa shape index (κ2) is 8.61. The molecule has 0 aliphatic carbocycles. The van der Waals surface area contributed by atoms with E-state index in [4.69, 9.17) is 0 Å². The van der Waals surface area contributed by atoms with Crippen molar-refractivity contribution in [2.24, 2.45) is 0 Å². The molecule has 0 aliphatic heterocycles. The zero-order valence-corrected chi connectivity index (χ0v) is 15.9. The number of para-hydroxylation sites is 1. The lowest BCUT2D eigenvalue weighted by Gasteiger charge is -2.20. The summed E-state index contributed by atoms with van der Waals surface area (Å²) in [5.41, 5.74) is 0.570. The molecule has 0 aliphatic rings. The van der Waals surface area contributed by atoms with Gasteiger partial charge in [0.25, 0.3) is 15.9 Å². The van der Waals surface area contributed by atoms with Gasteiger partial charge in [-0.1, -0.05) is 24.3 Å². The Morgan fingerprint density at radius 2 is 1.79 bits per heavy atom. The molecule has 0 saturated carbocycles. The van der Waals surface area contributed by atoms with E-state index in [2.05, 4.69) is 10.1 Å². The highest BCUT2D eigenvalue weighted by atomic mass is 32.2. The number of alkyl halides is 3. The number of halogens is 3. The Morgan fingerprint density at radius 1 is 1.14 bits per heavy atom. The fourth-order valence-corrected chi connectivity index (χ4v) is 3.45. The van der Waals surface area contributed by atoms with Crippen LogP contribution in [-0.2, 0) is 19.6 Å². The molecule has 2 rings (SSSR count). The Bertz CT molecular complexity index is 918. The van der Waals surface area contributed by atoms with Crippen LogP contribution in [0.2, 0.25) is 0 Å². The van der Waals surface area contributed by atoms with Crippen molar-refractivity contribution < 1.29 is 31.1 Å². The van der Waals surface area contributed by atoms with Gasteiger partial charge in [0.05, 0.1) is 10.6 Å². The van der Waals surface area contributed by atoms with Gasteiger partial charge in [-0.15, -0.1) is 0 Å². The molecule has 28 heavy (non-hydrogen) atoms. The predicted molar refractivity (Wildman–Crippen MR) is 98.6 cm³/mol. The number of nitrogens with one attached hydrogen (secondary N) is 1. The van der Waals surface area contributed by atoms with E-state index in [9.17, 15) is 26.4 Å². The summed E-state index contributed by atoms with van der Waals surface area (Å²) in [4.78, 5) is 11.9. The van der Waals surface area contributed by atoms with Crippen molar-refractivity contribution >= 4 is 27.3 Å². The minimum atomic E-state index is -4.55. The van der Waals surface area contributed by atoms with Gasteiger partial charge in [0.2, 0.25) is 0 Å². The molecule has 0 bridgehead atoms. The van der Waals surface area contributed by atoms with Gasteiger partial charge in [-0.05, 0) is 37.3 Å². The van der Waals surface area contributed by atoms with Crippen LogP contribution in [0.3, 0.4) is 0 Å². The summed E-state index contributed by atoms with van der Waals surface area (Å²) in [7, 11) is -2.51. The third kappa shape index (κ3) is 5.70. The van der Waals surface area contributed by atoms with Crippen LogP contribution < -0.4 is 9.62 Å². The molecule has 0 spiro atoms. The number of sulfonamides is 1. The number of nitrogens with zero attached hydrogens (tertiary/aromatic N) is 1. The average Bonchev–Trinajstić information content (AvgIpc) is 2.65. The number of hydrogen-bond acceptors (Lipinski definition) is 4. The molecular formula is C18H19F3N2O4S. The summed E-state index contributed by atoms with van der Waals surface area (Å²) in [6.45, 7) is -0.386. The van der Waals surface area contributed by atoms with Crippen LogP contribution >= 0.6 is 0 Å². The van der Waals surface area contributed by atoms with E-state index in [0.29, 0.717) is 5.69 Å². The molecule has 0 saturated heterocycles. The summed E-state index contributed by atoms with van der Waals surface area (Å²) in [5.74, 6) is -0.824. The number of hydrogen-bond donors (Lipinski definition) is 1. The largest absolute Gasteiger partial charge is 0.411 e. The highest BCUT2D eigenvalue weighted by Gasteiger charge is 2.30. The van der Waals surface area contributed by atoms with E-state index in [-0.39, 0.29) is 10.6 Å². The normalized spacial score (nSPS) is 13.0. The lowest BCUT2D eigenvalue weighted by molar-refractivity contribution is -0.184. The first-order valence-corrected chi connectivity index (χ1v) is 9.58. The van der Waals surface area contributed by atoms with E-state index in [1.165, 1.54) is 38.2 Å². The first-order chi connectivity index (χ1) is 13.0. The van der Waals surface area contributed by atoms with Gasteiger partial charge in [0.1, 0.15) is 12.7 Å². The fraction of sp³-hybridized carbons (Fsp3) is 0.278. The number of carbonyl (C=O) groups is 1. The van der Waals surface area contributed by atoms with E-state index < -0.39 is 34.8 Å². The molecule has 0 radical (unpaired) electrons. The van der Waals surface area contributed by atoms with Gasteiger partial charge >= 0.3 is 6.18 Å². The summed E-state index contributed by atoms with van der Waals surface area (Å²) in [6, 6.07) is 13.8. The SMILES string of the molecule is CC(OCC(F)(F)F)C(=O)Nc1cccc(S(=O)(=O)N(C)c2ccccc2)c1. The standard InChI is InChI=1S/C18H19F3N2O4S/c1-13(27-12-18(19,20)21)17(24)22-14-7-6-10-16(11-14)28(25,26)23(2)15-8-4-3-5-9-15/h3-11,13H,12H2,1-2H3,(H,22,24). The molecule has 6 nitrogen and oxygen atoms in total. The van der Waals surface area contributed by atoms with Crippen LogP contribution in [0, 0.1) is 0 Å². The third-order valence-electron chi connectivity index (χ3n) is 3.75. The molecule has 1 unspecified atom stereocenters. The maximum Gasteiger partial charge on any atom is 0.411 e. The van der Waals surface area contributed by atoms with Crippen molar-refractivity contribution in [3.63, 3.8) is 0 Å². The molecule has 2 aromatic carbocycles. The predicted octanol–water partition coefficient (Wildman–Crippen LogP) is 3.42. The molecule has 10 heteroatoms. The number of anilines is 2. The van der Waals surface area contributed by atoms with E-state index >= 15 is 0 Å². The lowest BCUT2D eigenvalue weighted by atomic mass is 10.3. The highest BCUT2D eigenvalue weighted by Crippen LogP contribution is 2.24. The second-order valence-electron chi connectivity index (χ2n) is 5.89. The van der Waals surface area contributed by atoms with Gasteiger partial charge in [0, 0.05) is 12.7 Å². The quantitative estimate of drug-likeness (QED) is 0.751. The zero-order valence-electron chi connectivity index (χ0n) is 15.1. The van der Waals surface area contributed by atoms with Crippen molar-refractivity contribution in [3.05, 3.63) is 54.6 Å². The van der Waals surface area contributed by atoms with Gasteiger partial charge in [-0.3, -0.25) is 9.10 Å². The first kappa shape index (κ1) is 21.7. The molecular weight excluding hydrogens is 397 g/mol. The van der Waals surface area contributed by atoms with Crippen LogP contribution in [0.5, 0.6) is 0 Å². The van der Waals surface area contributed by atoms with Gasteiger partial charge < -0.3 is 10.1 Å². The molecule has 1 atom stereocenters. The Morgan fingerprint density at radius 3 is 2.39 bits per heavy atom. The molecule has 1 amide bonds. The van der Waals surface area contributed by atoms with E-state index in [1.807, 2.05) is 0 Å². The summed E-state index contributed by atoms with van der Waals surface area (Å²) >= 11 is 0. The highest BCUT2D eigenvalue weighted by molar-refractivity contribution is 7.92. The summed E-state index contributed by atoms with van der Waals surface area (Å²) in [6.07, 6.45) is -5.92. The van der Waals surface area contributed by atoms with Crippen LogP contribution in [-0.4, -0.2) is 40.3 Å². The van der Waals surface area contributed by atoms with Crippen molar-refractivity contribution in [2.45, 2.75) is 24.1 Å². The fourth-order valence-electron chi connectivity index (χ4n) is 2.21. The monoisotopic (exact) mass is 416 g/mol. The van der Waals surface area contributed by atoms with Gasteiger partial charge in [-0.25, -0.2) is 8.42 Å². The number of ether oxygens (including phenoxy) is 1. The molecule has 0 fully saturated rings. The van der Waals surface area contributed by atoms with Crippen LogP contribution in [0.15, 0.2) is 59.5 Å². The number of benzene rings is 2. The molecule has 0 heterocycles. The molecule has 0 aromatic heterocycles. The van der Waals surface area contributed by atoms with E-state index in [1.54, 1.807) is 30.3 Å². The van der Waals surface area contributed by atoms with Crippen LogP contribution in [0.1, 0.15) is 6.92 Å². The Kier molecular flexibility index (Phi) is 6.68. The summed E-state index contributed by atoms with van der Waals surface area (Å²) in [5, 5.41) is 2.35. The van der Waals surface area contributed by atoms with Crippen molar-refractivity contribution in [1.82, 2.24) is 0 Å². The van der Waals surface area contributed by atoms with Gasteiger partial charge in [0.15, 0.2) is 0 Å².